The zero-order valence-electron chi connectivity index (χ0n) is 12.2. The van der Waals surface area contributed by atoms with Gasteiger partial charge in [0.15, 0.2) is 0 Å². The van der Waals surface area contributed by atoms with Crippen molar-refractivity contribution in [3.05, 3.63) is 51.7 Å². The van der Waals surface area contributed by atoms with Crippen LogP contribution in [0.5, 0.6) is 0 Å². The summed E-state index contributed by atoms with van der Waals surface area (Å²) in [6.45, 7) is 5.66. The lowest BCUT2D eigenvalue weighted by Crippen LogP contribution is -2.38. The second-order valence-electron chi connectivity index (χ2n) is 4.94. The fraction of sp³-hybridized carbons (Fsp3) is 0.333. The van der Waals surface area contributed by atoms with Gasteiger partial charge in [-0.15, -0.1) is 11.3 Å². The largest absolute Gasteiger partial charge is 0.332 e. The summed E-state index contributed by atoms with van der Waals surface area (Å²) in [6, 6.07) is 5.47. The highest BCUT2D eigenvalue weighted by Gasteiger charge is 2.14. The summed E-state index contributed by atoms with van der Waals surface area (Å²) in [5, 5.41) is 8.50. The van der Waals surface area contributed by atoms with Crippen LogP contribution in [0.4, 0.5) is 9.18 Å². The maximum Gasteiger partial charge on any atom is 0.315 e. The number of thiazole rings is 1. The van der Waals surface area contributed by atoms with E-state index < -0.39 is 0 Å². The minimum absolute atomic E-state index is 0.149. The van der Waals surface area contributed by atoms with Crippen molar-refractivity contribution in [2.45, 2.75) is 32.9 Å². The fourth-order valence-electron chi connectivity index (χ4n) is 1.90. The van der Waals surface area contributed by atoms with Crippen LogP contribution in [0.15, 0.2) is 29.6 Å². The van der Waals surface area contributed by atoms with E-state index in [1.165, 1.54) is 23.5 Å². The molecule has 0 spiro atoms. The van der Waals surface area contributed by atoms with Gasteiger partial charge in [0, 0.05) is 11.1 Å². The predicted octanol–water partition coefficient (Wildman–Crippen LogP) is 3.71. The van der Waals surface area contributed by atoms with Gasteiger partial charge in [-0.3, -0.25) is 0 Å². The number of aryl methyl sites for hydroxylation is 1. The first-order valence-corrected chi connectivity index (χ1v) is 7.58. The van der Waals surface area contributed by atoms with Crippen molar-refractivity contribution in [1.29, 1.82) is 0 Å². The topological polar surface area (TPSA) is 54.0 Å². The average molecular weight is 307 g/mol. The number of hydrogen-bond acceptors (Lipinski definition) is 3. The number of amides is 2. The Kier molecular flexibility index (Phi) is 4.90. The molecule has 0 aliphatic carbocycles. The molecule has 0 aliphatic rings. The van der Waals surface area contributed by atoms with Gasteiger partial charge in [0.05, 0.1) is 12.1 Å². The van der Waals surface area contributed by atoms with Crippen LogP contribution in [0.2, 0.25) is 0 Å². The van der Waals surface area contributed by atoms with E-state index in [0.29, 0.717) is 0 Å². The quantitative estimate of drug-likeness (QED) is 0.904. The molecule has 0 saturated carbocycles. The molecule has 1 aromatic carbocycles. The normalized spacial score (nSPS) is 13.5. The van der Waals surface area contributed by atoms with Gasteiger partial charge in [0.1, 0.15) is 10.8 Å². The number of rotatable bonds is 4. The molecule has 2 rings (SSSR count). The van der Waals surface area contributed by atoms with Gasteiger partial charge >= 0.3 is 6.03 Å². The average Bonchev–Trinajstić information content (AvgIpc) is 2.86. The molecule has 2 atom stereocenters. The highest BCUT2D eigenvalue weighted by atomic mass is 32.1. The highest BCUT2D eigenvalue weighted by molar-refractivity contribution is 7.09. The molecule has 112 valence electrons. The van der Waals surface area contributed by atoms with Crippen LogP contribution in [0, 0.1) is 12.7 Å². The van der Waals surface area contributed by atoms with Crippen molar-refractivity contribution in [2.24, 2.45) is 0 Å². The molecule has 6 heteroatoms. The van der Waals surface area contributed by atoms with E-state index in [4.69, 9.17) is 0 Å². The van der Waals surface area contributed by atoms with E-state index in [0.717, 1.165) is 16.3 Å². The number of carbonyl (C=O) groups excluding carboxylic acids is 1. The van der Waals surface area contributed by atoms with Gasteiger partial charge < -0.3 is 10.6 Å². The Labute approximate surface area is 127 Å². The molecule has 1 aromatic heterocycles. The Morgan fingerprint density at radius 3 is 2.38 bits per heavy atom. The van der Waals surface area contributed by atoms with Gasteiger partial charge in [0.25, 0.3) is 0 Å². The van der Waals surface area contributed by atoms with E-state index in [-0.39, 0.29) is 23.9 Å². The van der Waals surface area contributed by atoms with Crippen LogP contribution in [-0.2, 0) is 0 Å². The molecule has 0 radical (unpaired) electrons. The second kappa shape index (κ2) is 6.67. The molecular formula is C15H18FN3OS. The summed E-state index contributed by atoms with van der Waals surface area (Å²) in [5.74, 6) is -0.289. The minimum Gasteiger partial charge on any atom is -0.332 e. The van der Waals surface area contributed by atoms with Gasteiger partial charge in [-0.2, -0.15) is 0 Å². The highest BCUT2D eigenvalue weighted by Crippen LogP contribution is 2.18. The number of benzene rings is 1. The number of carbonyl (C=O) groups is 1. The number of hydrogen-bond donors (Lipinski definition) is 2. The van der Waals surface area contributed by atoms with Gasteiger partial charge in [-0.1, -0.05) is 12.1 Å². The smallest absolute Gasteiger partial charge is 0.315 e. The van der Waals surface area contributed by atoms with Crippen LogP contribution < -0.4 is 10.6 Å². The second-order valence-corrected chi connectivity index (χ2v) is 5.83. The lowest BCUT2D eigenvalue weighted by Gasteiger charge is -2.17. The van der Waals surface area contributed by atoms with Crippen molar-refractivity contribution < 1.29 is 9.18 Å². The molecule has 0 fully saturated rings. The maximum absolute atomic E-state index is 12.9. The number of nitrogens with one attached hydrogen (secondary N) is 2. The van der Waals surface area contributed by atoms with Gasteiger partial charge in [-0.05, 0) is 38.5 Å². The summed E-state index contributed by atoms with van der Waals surface area (Å²) in [6.07, 6.45) is 0. The third-order valence-electron chi connectivity index (χ3n) is 3.07. The van der Waals surface area contributed by atoms with Gasteiger partial charge in [-0.25, -0.2) is 14.2 Å². The van der Waals surface area contributed by atoms with E-state index in [2.05, 4.69) is 15.6 Å². The maximum atomic E-state index is 12.9. The van der Waals surface area contributed by atoms with Crippen molar-refractivity contribution >= 4 is 17.4 Å². The molecule has 21 heavy (non-hydrogen) atoms. The summed E-state index contributed by atoms with van der Waals surface area (Å²) in [5.41, 5.74) is 1.80. The Balaban J connectivity index is 1.90. The van der Waals surface area contributed by atoms with Crippen LogP contribution in [0.25, 0.3) is 0 Å². The van der Waals surface area contributed by atoms with E-state index in [1.807, 2.05) is 26.2 Å². The van der Waals surface area contributed by atoms with Crippen molar-refractivity contribution in [1.82, 2.24) is 15.6 Å². The summed E-state index contributed by atoms with van der Waals surface area (Å²) >= 11 is 1.52. The number of halogens is 1. The third kappa shape index (κ3) is 4.26. The van der Waals surface area contributed by atoms with E-state index in [9.17, 15) is 9.18 Å². The first-order valence-electron chi connectivity index (χ1n) is 6.70. The molecular weight excluding hydrogens is 289 g/mol. The monoisotopic (exact) mass is 307 g/mol. The molecule has 0 unspecified atom stereocenters. The lowest BCUT2D eigenvalue weighted by atomic mass is 10.1. The first-order chi connectivity index (χ1) is 9.95. The van der Waals surface area contributed by atoms with Crippen molar-refractivity contribution in [3.8, 4) is 0 Å². The molecule has 0 aliphatic heterocycles. The number of urea groups is 1. The Hall–Kier alpha value is -1.95. The van der Waals surface area contributed by atoms with E-state index >= 15 is 0 Å². The zero-order valence-corrected chi connectivity index (χ0v) is 13.0. The fourth-order valence-corrected chi connectivity index (χ4v) is 2.71. The molecule has 2 N–H and O–H groups in total. The summed E-state index contributed by atoms with van der Waals surface area (Å²) in [7, 11) is 0. The molecule has 4 nitrogen and oxygen atoms in total. The van der Waals surface area contributed by atoms with Crippen LogP contribution in [0.3, 0.4) is 0 Å². The predicted molar refractivity (Wildman–Crippen MR) is 81.7 cm³/mol. The van der Waals surface area contributed by atoms with Crippen LogP contribution >= 0.6 is 11.3 Å². The van der Waals surface area contributed by atoms with Crippen LogP contribution in [0.1, 0.15) is 42.2 Å². The molecule has 1 heterocycles. The standard InChI is InChI=1S/C15H18FN3OS/c1-9-8-21-14(17-9)11(3)19-15(20)18-10(2)12-4-6-13(16)7-5-12/h4-8,10-11H,1-3H3,(H2,18,19,20)/t10-,11+/m0/s1. The van der Waals surface area contributed by atoms with Crippen LogP contribution in [-0.4, -0.2) is 11.0 Å². The molecule has 0 saturated heterocycles. The Bertz CT molecular complexity index is 612. The number of aromatic nitrogens is 1. The SMILES string of the molecule is Cc1csc([C@@H](C)NC(=O)N[C@@H](C)c2ccc(F)cc2)n1. The third-order valence-corrected chi connectivity index (χ3v) is 4.22. The molecule has 0 bridgehead atoms. The zero-order chi connectivity index (χ0) is 15.4. The Morgan fingerprint density at radius 1 is 1.19 bits per heavy atom. The van der Waals surface area contributed by atoms with Crippen molar-refractivity contribution in [2.75, 3.05) is 0 Å². The Morgan fingerprint density at radius 2 is 1.81 bits per heavy atom. The van der Waals surface area contributed by atoms with Gasteiger partial charge in [0.2, 0.25) is 0 Å². The first kappa shape index (κ1) is 15.4. The lowest BCUT2D eigenvalue weighted by molar-refractivity contribution is 0.235. The van der Waals surface area contributed by atoms with Crippen molar-refractivity contribution in [3.63, 3.8) is 0 Å². The molecule has 2 aromatic rings. The summed E-state index contributed by atoms with van der Waals surface area (Å²) in [4.78, 5) is 16.3. The molecule has 2 amide bonds. The number of nitrogens with zero attached hydrogens (tertiary/aromatic N) is 1. The minimum atomic E-state index is -0.289. The van der Waals surface area contributed by atoms with E-state index in [1.54, 1.807) is 12.1 Å². The summed E-state index contributed by atoms with van der Waals surface area (Å²) < 4.78 is 12.9.